The van der Waals surface area contributed by atoms with E-state index in [0.717, 1.165) is 0 Å². The molecule has 0 fully saturated rings. The standard InChI is InChI=1S/C14H14F3IO2/c15-14(16,17)10-12(18)8-4-5-9-20-13(19)11-6-2-1-3-7-11/h1-3,6-7,10H,4-5,8-9H2. The summed E-state index contributed by atoms with van der Waals surface area (Å²) in [6.07, 6.45) is -2.55. The lowest BCUT2D eigenvalue weighted by molar-refractivity contribution is -0.0801. The molecule has 0 aliphatic rings. The van der Waals surface area contributed by atoms with E-state index in [1.165, 1.54) is 0 Å². The number of alkyl halides is 3. The van der Waals surface area contributed by atoms with Crippen LogP contribution < -0.4 is 0 Å². The highest BCUT2D eigenvalue weighted by molar-refractivity contribution is 14.1. The number of unbranched alkanes of at least 4 members (excludes halogenated alkanes) is 1. The summed E-state index contributed by atoms with van der Waals surface area (Å²) >= 11 is 1.67. The molecule has 0 N–H and O–H groups in total. The summed E-state index contributed by atoms with van der Waals surface area (Å²) in [6.45, 7) is 0.212. The minimum atomic E-state index is -4.27. The van der Waals surface area contributed by atoms with Crippen molar-refractivity contribution >= 4 is 28.6 Å². The first-order valence-electron chi connectivity index (χ1n) is 6.04. The van der Waals surface area contributed by atoms with Gasteiger partial charge < -0.3 is 4.74 Å². The molecular formula is C14H14F3IO2. The van der Waals surface area contributed by atoms with Crippen LogP contribution in [0.15, 0.2) is 40.0 Å². The van der Waals surface area contributed by atoms with Crippen LogP contribution in [0, 0.1) is 0 Å². The third-order valence-corrected chi connectivity index (χ3v) is 3.22. The van der Waals surface area contributed by atoms with Crippen molar-refractivity contribution < 1.29 is 22.7 Å². The fourth-order valence-electron chi connectivity index (χ4n) is 1.47. The first-order valence-corrected chi connectivity index (χ1v) is 7.12. The van der Waals surface area contributed by atoms with Crippen molar-refractivity contribution in [1.29, 1.82) is 0 Å². The highest BCUT2D eigenvalue weighted by Crippen LogP contribution is 2.24. The predicted octanol–water partition coefficient (Wildman–Crippen LogP) is 4.89. The molecule has 0 bridgehead atoms. The Kier molecular flexibility index (Phi) is 7.04. The van der Waals surface area contributed by atoms with Gasteiger partial charge in [-0.25, -0.2) is 4.79 Å². The Morgan fingerprint density at radius 3 is 2.45 bits per heavy atom. The van der Waals surface area contributed by atoms with Gasteiger partial charge in [0.25, 0.3) is 0 Å². The number of allylic oxidation sites excluding steroid dienone is 2. The molecule has 2 nitrogen and oxygen atoms in total. The largest absolute Gasteiger partial charge is 0.462 e. The molecule has 0 aromatic heterocycles. The number of carbonyl (C=O) groups is 1. The number of ether oxygens (including phenoxy) is 1. The maximum Gasteiger partial charge on any atom is 0.410 e. The average Bonchev–Trinajstić information content (AvgIpc) is 2.37. The van der Waals surface area contributed by atoms with Gasteiger partial charge in [-0.3, -0.25) is 0 Å². The third-order valence-electron chi connectivity index (χ3n) is 2.37. The predicted molar refractivity (Wildman–Crippen MR) is 78.7 cm³/mol. The molecule has 0 atom stereocenters. The van der Waals surface area contributed by atoms with Crippen LogP contribution in [0.3, 0.4) is 0 Å². The Morgan fingerprint density at radius 2 is 1.85 bits per heavy atom. The van der Waals surface area contributed by atoms with Crippen LogP contribution in [0.2, 0.25) is 0 Å². The number of halogens is 4. The van der Waals surface area contributed by atoms with Crippen molar-refractivity contribution in [1.82, 2.24) is 0 Å². The zero-order valence-electron chi connectivity index (χ0n) is 10.6. The molecule has 0 aliphatic heterocycles. The van der Waals surface area contributed by atoms with Crippen LogP contribution in [0.5, 0.6) is 0 Å². The Hall–Kier alpha value is -1.05. The van der Waals surface area contributed by atoms with E-state index < -0.39 is 12.1 Å². The molecule has 0 saturated carbocycles. The second kappa shape index (κ2) is 8.28. The number of hydrogen-bond donors (Lipinski definition) is 0. The SMILES string of the molecule is O=C(OCCCCC(I)=CC(F)(F)F)c1ccccc1. The van der Waals surface area contributed by atoms with Gasteiger partial charge in [0, 0.05) is 6.08 Å². The number of benzene rings is 1. The van der Waals surface area contributed by atoms with Gasteiger partial charge >= 0.3 is 12.1 Å². The Bertz CT molecular complexity index is 455. The molecule has 0 unspecified atom stereocenters. The number of hydrogen-bond acceptors (Lipinski definition) is 2. The molecule has 1 rings (SSSR count). The minimum absolute atomic E-state index is 0.212. The highest BCUT2D eigenvalue weighted by Gasteiger charge is 2.23. The molecular weight excluding hydrogens is 384 g/mol. The molecule has 1 aromatic carbocycles. The maximum atomic E-state index is 12.0. The van der Waals surface area contributed by atoms with E-state index in [1.54, 1.807) is 52.9 Å². The lowest BCUT2D eigenvalue weighted by Crippen LogP contribution is -2.06. The molecule has 110 valence electrons. The quantitative estimate of drug-likeness (QED) is 0.387. The number of carbonyl (C=O) groups excluding carboxylic acids is 1. The van der Waals surface area contributed by atoms with Crippen molar-refractivity contribution in [3.05, 3.63) is 45.6 Å². The smallest absolute Gasteiger partial charge is 0.410 e. The number of rotatable bonds is 6. The summed E-state index contributed by atoms with van der Waals surface area (Å²) in [5.41, 5.74) is 0.471. The zero-order chi connectivity index (χ0) is 15.0. The summed E-state index contributed by atoms with van der Waals surface area (Å²) in [5.74, 6) is -0.411. The van der Waals surface area contributed by atoms with Crippen LogP contribution in [0.4, 0.5) is 13.2 Å². The molecule has 0 aliphatic carbocycles. The lowest BCUT2D eigenvalue weighted by atomic mass is 10.2. The fourth-order valence-corrected chi connectivity index (χ4v) is 2.20. The van der Waals surface area contributed by atoms with Crippen LogP contribution in [-0.4, -0.2) is 18.8 Å². The van der Waals surface area contributed by atoms with Gasteiger partial charge in [-0.2, -0.15) is 13.2 Å². The van der Waals surface area contributed by atoms with Crippen molar-refractivity contribution in [3.8, 4) is 0 Å². The molecule has 20 heavy (non-hydrogen) atoms. The van der Waals surface area contributed by atoms with E-state index in [2.05, 4.69) is 0 Å². The van der Waals surface area contributed by atoms with E-state index in [1.807, 2.05) is 0 Å². The first-order chi connectivity index (χ1) is 9.38. The zero-order valence-corrected chi connectivity index (χ0v) is 12.8. The van der Waals surface area contributed by atoms with Crippen LogP contribution in [0.25, 0.3) is 0 Å². The van der Waals surface area contributed by atoms with Gasteiger partial charge in [0.1, 0.15) is 0 Å². The van der Waals surface area contributed by atoms with E-state index in [0.29, 0.717) is 30.9 Å². The van der Waals surface area contributed by atoms with Gasteiger partial charge in [0.15, 0.2) is 0 Å². The summed E-state index contributed by atoms with van der Waals surface area (Å²) in [5, 5.41) is 0. The van der Waals surface area contributed by atoms with Gasteiger partial charge in [0.05, 0.1) is 12.2 Å². The monoisotopic (exact) mass is 398 g/mol. The summed E-state index contributed by atoms with van der Waals surface area (Å²) in [6, 6.07) is 8.57. The molecule has 6 heteroatoms. The normalized spacial score (nSPS) is 12.3. The van der Waals surface area contributed by atoms with Crippen LogP contribution >= 0.6 is 22.6 Å². The molecule has 0 heterocycles. The second-order valence-electron chi connectivity index (χ2n) is 4.09. The maximum absolute atomic E-state index is 12.0. The molecule has 0 radical (unpaired) electrons. The van der Waals surface area contributed by atoms with Crippen LogP contribution in [-0.2, 0) is 4.74 Å². The topological polar surface area (TPSA) is 26.3 Å². The van der Waals surface area contributed by atoms with Crippen molar-refractivity contribution in [2.45, 2.75) is 25.4 Å². The van der Waals surface area contributed by atoms with Crippen LogP contribution in [0.1, 0.15) is 29.6 Å². The Morgan fingerprint density at radius 1 is 1.20 bits per heavy atom. The second-order valence-corrected chi connectivity index (χ2v) is 5.48. The third kappa shape index (κ3) is 7.52. The lowest BCUT2D eigenvalue weighted by Gasteiger charge is -2.05. The molecule has 0 amide bonds. The Balaban J connectivity index is 2.20. The Labute approximate surface area is 129 Å². The molecule has 0 saturated heterocycles. The van der Waals surface area contributed by atoms with E-state index in [-0.39, 0.29) is 10.2 Å². The van der Waals surface area contributed by atoms with E-state index in [9.17, 15) is 18.0 Å². The van der Waals surface area contributed by atoms with E-state index >= 15 is 0 Å². The van der Waals surface area contributed by atoms with Crippen molar-refractivity contribution in [2.24, 2.45) is 0 Å². The van der Waals surface area contributed by atoms with Gasteiger partial charge in [-0.1, -0.05) is 18.2 Å². The summed E-state index contributed by atoms with van der Waals surface area (Å²) < 4.78 is 41.4. The van der Waals surface area contributed by atoms with Crippen molar-refractivity contribution in [2.75, 3.05) is 6.61 Å². The molecule has 0 spiro atoms. The minimum Gasteiger partial charge on any atom is -0.462 e. The van der Waals surface area contributed by atoms with Crippen molar-refractivity contribution in [3.63, 3.8) is 0 Å². The summed E-state index contributed by atoms with van der Waals surface area (Å²) in [4.78, 5) is 11.5. The fraction of sp³-hybridized carbons (Fsp3) is 0.357. The van der Waals surface area contributed by atoms with Gasteiger partial charge in [-0.05, 0) is 57.6 Å². The number of esters is 1. The van der Waals surface area contributed by atoms with Gasteiger partial charge in [0.2, 0.25) is 0 Å². The average molecular weight is 398 g/mol. The first kappa shape index (κ1) is 17.0. The van der Waals surface area contributed by atoms with E-state index in [4.69, 9.17) is 4.74 Å². The molecule has 1 aromatic rings. The highest BCUT2D eigenvalue weighted by atomic mass is 127. The summed E-state index contributed by atoms with van der Waals surface area (Å²) in [7, 11) is 0. The van der Waals surface area contributed by atoms with Gasteiger partial charge in [-0.15, -0.1) is 0 Å².